The van der Waals surface area contributed by atoms with Gasteiger partial charge in [-0.25, -0.2) is 9.37 Å². The van der Waals surface area contributed by atoms with Crippen LogP contribution in [-0.2, 0) is 22.5 Å². The fraction of sp³-hybridized carbons (Fsp3) is 0.231. The predicted molar refractivity (Wildman–Crippen MR) is 119 cm³/mol. The summed E-state index contributed by atoms with van der Waals surface area (Å²) in [6.07, 6.45) is 0.730. The molecule has 0 unspecified atom stereocenters. The minimum absolute atomic E-state index is 0.0843. The maximum atomic E-state index is 14.9. The molecule has 0 spiro atoms. The molecule has 2 aromatic heterocycles. The zero-order valence-corrected chi connectivity index (χ0v) is 17.8. The molecule has 1 aliphatic rings. The topological polar surface area (TPSA) is 55.6 Å². The number of carbonyl (C=O) groups is 1. The monoisotopic (exact) mass is 430 g/mol. The molecule has 5 nitrogen and oxygen atoms in total. The van der Waals surface area contributed by atoms with Crippen molar-refractivity contribution in [3.63, 3.8) is 0 Å². The van der Waals surface area contributed by atoms with Crippen molar-refractivity contribution < 1.29 is 18.3 Å². The van der Waals surface area contributed by atoms with E-state index in [2.05, 4.69) is 22.0 Å². The Morgan fingerprint density at radius 2 is 1.91 bits per heavy atom. The molecule has 6 heteroatoms. The average molecular weight is 430 g/mol. The number of furan rings is 1. The highest BCUT2D eigenvalue weighted by molar-refractivity contribution is 5.79. The van der Waals surface area contributed by atoms with Crippen molar-refractivity contribution in [1.29, 1.82) is 0 Å². The Hall–Kier alpha value is -3.51. The molecule has 4 aromatic rings. The van der Waals surface area contributed by atoms with Gasteiger partial charge in [-0.15, -0.1) is 0 Å². The molecular weight excluding hydrogens is 407 g/mol. The zero-order valence-electron chi connectivity index (χ0n) is 17.8. The number of fused-ring (bicyclic) bond motifs is 1. The van der Waals surface area contributed by atoms with Gasteiger partial charge in [-0.2, -0.15) is 0 Å². The number of benzene rings is 2. The van der Waals surface area contributed by atoms with Gasteiger partial charge in [0.15, 0.2) is 5.58 Å². The first-order chi connectivity index (χ1) is 15.6. The smallest absolute Gasteiger partial charge is 0.311 e. The summed E-state index contributed by atoms with van der Waals surface area (Å²) >= 11 is 0. The van der Waals surface area contributed by atoms with Crippen LogP contribution in [0.1, 0.15) is 16.8 Å². The number of methoxy groups -OCH3 is 1. The number of hydrogen-bond donors (Lipinski definition) is 0. The molecule has 0 bridgehead atoms. The van der Waals surface area contributed by atoms with Crippen molar-refractivity contribution >= 4 is 17.1 Å². The van der Waals surface area contributed by atoms with Crippen LogP contribution in [0, 0.1) is 11.7 Å². The number of pyridine rings is 1. The molecule has 0 aliphatic carbocycles. The Morgan fingerprint density at radius 1 is 1.09 bits per heavy atom. The van der Waals surface area contributed by atoms with Crippen LogP contribution in [-0.4, -0.2) is 36.1 Å². The second kappa shape index (κ2) is 8.55. The highest BCUT2D eigenvalue weighted by atomic mass is 19.1. The molecule has 0 atom stereocenters. The minimum atomic E-state index is -0.337. The molecule has 0 radical (unpaired) electrons. The van der Waals surface area contributed by atoms with Gasteiger partial charge in [-0.1, -0.05) is 36.4 Å². The van der Waals surface area contributed by atoms with E-state index in [0.29, 0.717) is 42.1 Å². The Balaban J connectivity index is 1.31. The summed E-state index contributed by atoms with van der Waals surface area (Å²) in [7, 11) is 1.40. The van der Waals surface area contributed by atoms with E-state index in [1.165, 1.54) is 18.7 Å². The number of halogens is 1. The summed E-state index contributed by atoms with van der Waals surface area (Å²) in [5, 5.41) is 0. The Bertz CT molecular complexity index is 1260. The quantitative estimate of drug-likeness (QED) is 0.410. The Kier molecular flexibility index (Phi) is 5.45. The van der Waals surface area contributed by atoms with Gasteiger partial charge >= 0.3 is 5.97 Å². The van der Waals surface area contributed by atoms with Gasteiger partial charge in [0, 0.05) is 37.8 Å². The van der Waals surface area contributed by atoms with E-state index >= 15 is 0 Å². The summed E-state index contributed by atoms with van der Waals surface area (Å²) in [5.41, 5.74) is 4.74. The zero-order chi connectivity index (χ0) is 22.1. The van der Waals surface area contributed by atoms with Crippen molar-refractivity contribution in [2.24, 2.45) is 5.92 Å². The third-order valence-electron chi connectivity index (χ3n) is 5.86. The van der Waals surface area contributed by atoms with E-state index in [4.69, 9.17) is 9.15 Å². The highest BCUT2D eigenvalue weighted by Crippen LogP contribution is 2.30. The third-order valence-corrected chi connectivity index (χ3v) is 5.86. The van der Waals surface area contributed by atoms with Crippen LogP contribution in [0.2, 0.25) is 0 Å². The second-order valence-electron chi connectivity index (χ2n) is 8.19. The number of carbonyl (C=O) groups excluding carboxylic acids is 1. The maximum absolute atomic E-state index is 14.9. The van der Waals surface area contributed by atoms with E-state index in [-0.39, 0.29) is 17.7 Å². The predicted octanol–water partition coefficient (Wildman–Crippen LogP) is 4.83. The molecule has 0 amide bonds. The van der Waals surface area contributed by atoms with Crippen molar-refractivity contribution in [2.45, 2.75) is 13.0 Å². The van der Waals surface area contributed by atoms with Crippen LogP contribution < -0.4 is 0 Å². The van der Waals surface area contributed by atoms with E-state index in [1.807, 2.05) is 36.4 Å². The maximum Gasteiger partial charge on any atom is 0.311 e. The number of rotatable bonds is 6. The molecule has 162 valence electrons. The van der Waals surface area contributed by atoms with Gasteiger partial charge in [0.1, 0.15) is 17.1 Å². The standard InChI is InChI=1S/C26H23FN2O3/c1-31-26(30)19-15-29(16-19)14-18-7-9-21(22(27)12-18)25-13-23-24(32-25)10-8-20(28-23)11-17-5-3-2-4-6-17/h2-10,12-13,19H,11,14-16H2,1H3. The number of aromatic nitrogens is 1. The average Bonchev–Trinajstić information content (AvgIpc) is 3.19. The lowest BCUT2D eigenvalue weighted by atomic mass is 9.99. The number of hydrogen-bond acceptors (Lipinski definition) is 5. The van der Waals surface area contributed by atoms with Crippen molar-refractivity contribution in [1.82, 2.24) is 9.88 Å². The van der Waals surface area contributed by atoms with E-state index in [1.54, 1.807) is 12.1 Å². The summed E-state index contributed by atoms with van der Waals surface area (Å²) in [6, 6.07) is 20.9. The summed E-state index contributed by atoms with van der Waals surface area (Å²) in [6.45, 7) is 1.86. The lowest BCUT2D eigenvalue weighted by Gasteiger charge is -2.37. The van der Waals surface area contributed by atoms with E-state index < -0.39 is 0 Å². The molecule has 5 rings (SSSR count). The van der Waals surface area contributed by atoms with Crippen molar-refractivity contribution in [3.8, 4) is 11.3 Å². The first kappa shape index (κ1) is 20.4. The molecule has 32 heavy (non-hydrogen) atoms. The lowest BCUT2D eigenvalue weighted by Crippen LogP contribution is -2.49. The van der Waals surface area contributed by atoms with Gasteiger partial charge in [0.05, 0.1) is 18.6 Å². The van der Waals surface area contributed by atoms with Crippen molar-refractivity contribution in [2.75, 3.05) is 20.2 Å². The number of ether oxygens (including phenoxy) is 1. The highest BCUT2D eigenvalue weighted by Gasteiger charge is 2.33. The molecule has 1 fully saturated rings. The first-order valence-electron chi connectivity index (χ1n) is 10.6. The Morgan fingerprint density at radius 3 is 2.66 bits per heavy atom. The summed E-state index contributed by atoms with van der Waals surface area (Å²) in [4.78, 5) is 18.3. The van der Waals surface area contributed by atoms with Crippen molar-refractivity contribution in [3.05, 3.63) is 89.4 Å². The number of nitrogens with zero attached hydrogens (tertiary/aromatic N) is 2. The Labute approximate surface area is 185 Å². The van der Waals surface area contributed by atoms with Crippen LogP contribution in [0.15, 0.2) is 71.1 Å². The largest absolute Gasteiger partial charge is 0.469 e. The SMILES string of the molecule is COC(=O)C1CN(Cc2ccc(-c3cc4nc(Cc5ccccc5)ccc4o3)c(F)c2)C1. The second-order valence-corrected chi connectivity index (χ2v) is 8.19. The molecule has 0 saturated carbocycles. The van der Waals surface area contributed by atoms with E-state index in [0.717, 1.165) is 17.7 Å². The normalized spacial score (nSPS) is 14.4. The minimum Gasteiger partial charge on any atom is -0.469 e. The third kappa shape index (κ3) is 4.14. The fourth-order valence-corrected chi connectivity index (χ4v) is 4.13. The molecular formula is C26H23FN2O3. The first-order valence-corrected chi connectivity index (χ1v) is 10.6. The van der Waals surface area contributed by atoms with Gasteiger partial charge < -0.3 is 9.15 Å². The van der Waals surface area contributed by atoms with Crippen LogP contribution in [0.5, 0.6) is 0 Å². The molecule has 3 heterocycles. The van der Waals surface area contributed by atoms with E-state index in [9.17, 15) is 9.18 Å². The number of esters is 1. The molecule has 1 saturated heterocycles. The van der Waals surface area contributed by atoms with Crippen LogP contribution in [0.4, 0.5) is 4.39 Å². The molecule has 2 aromatic carbocycles. The van der Waals surface area contributed by atoms with Gasteiger partial charge in [-0.05, 0) is 35.4 Å². The summed E-state index contributed by atoms with van der Waals surface area (Å²) in [5.74, 6) is -0.147. The summed E-state index contributed by atoms with van der Waals surface area (Å²) < 4.78 is 25.5. The van der Waals surface area contributed by atoms with Crippen LogP contribution in [0.25, 0.3) is 22.4 Å². The van der Waals surface area contributed by atoms with Crippen LogP contribution in [0.3, 0.4) is 0 Å². The van der Waals surface area contributed by atoms with Gasteiger partial charge in [0.25, 0.3) is 0 Å². The number of likely N-dealkylation sites (tertiary alicyclic amines) is 1. The molecule has 0 N–H and O–H groups in total. The van der Waals surface area contributed by atoms with Crippen LogP contribution >= 0.6 is 0 Å². The fourth-order valence-electron chi connectivity index (χ4n) is 4.13. The van der Waals surface area contributed by atoms with Gasteiger partial charge in [0.2, 0.25) is 0 Å². The van der Waals surface area contributed by atoms with Gasteiger partial charge in [-0.3, -0.25) is 9.69 Å². The lowest BCUT2D eigenvalue weighted by molar-refractivity contribution is -0.151. The molecule has 1 aliphatic heterocycles.